The van der Waals surface area contributed by atoms with Crippen molar-refractivity contribution in [2.75, 3.05) is 6.26 Å². The smallest absolute Gasteiger partial charge is 0.237 e. The first-order valence-electron chi connectivity index (χ1n) is 5.30. The molecule has 0 bridgehead atoms. The molecule has 2 aromatic rings. The van der Waals surface area contributed by atoms with E-state index in [0.717, 1.165) is 11.2 Å². The average Bonchev–Trinajstić information content (AvgIpc) is 2.72. The van der Waals surface area contributed by atoms with Gasteiger partial charge in [-0.1, -0.05) is 22.8 Å². The van der Waals surface area contributed by atoms with Gasteiger partial charge in [0, 0.05) is 16.2 Å². The third kappa shape index (κ3) is 4.85. The lowest BCUT2D eigenvalue weighted by atomic mass is 10.4. The maximum absolute atomic E-state index is 11.1. The molecule has 8 heteroatoms. The fourth-order valence-electron chi connectivity index (χ4n) is 1.34. The number of rotatable bonds is 5. The van der Waals surface area contributed by atoms with Gasteiger partial charge in [0.1, 0.15) is 5.75 Å². The van der Waals surface area contributed by atoms with Crippen LogP contribution in [0, 0.1) is 0 Å². The summed E-state index contributed by atoms with van der Waals surface area (Å²) in [6, 6.07) is 7.40. The molecule has 0 saturated carbocycles. The Morgan fingerprint density at radius 1 is 1.42 bits per heavy atom. The molecule has 0 aliphatic rings. The second-order valence-electron chi connectivity index (χ2n) is 3.92. The van der Waals surface area contributed by atoms with E-state index in [1.165, 1.54) is 11.8 Å². The first-order valence-corrected chi connectivity index (χ1v) is 8.72. The number of halogens is 1. The molecule has 0 N–H and O–H groups in total. The number of hydrogen-bond acceptors (Lipinski definition) is 6. The molecule has 0 spiro atoms. The molecule has 0 fully saturated rings. The molecule has 0 aliphatic heterocycles. The molecule has 0 atom stereocenters. The van der Waals surface area contributed by atoms with Crippen molar-refractivity contribution in [1.82, 2.24) is 10.1 Å². The molecule has 0 saturated heterocycles. The largest absolute Gasteiger partial charge is 0.338 e. The first kappa shape index (κ1) is 14.4. The zero-order valence-electron chi connectivity index (χ0n) is 10.0. The number of thioether (sulfide) groups is 1. The average molecular weight is 319 g/mol. The molecule has 1 aromatic carbocycles. The molecule has 0 radical (unpaired) electrons. The van der Waals surface area contributed by atoms with Crippen molar-refractivity contribution >= 4 is 33.2 Å². The summed E-state index contributed by atoms with van der Waals surface area (Å²) in [5, 5.41) is 4.29. The summed E-state index contributed by atoms with van der Waals surface area (Å²) in [6.07, 6.45) is 1.13. The first-order chi connectivity index (χ1) is 8.92. The van der Waals surface area contributed by atoms with E-state index in [2.05, 4.69) is 10.1 Å². The Labute approximate surface area is 120 Å². The van der Waals surface area contributed by atoms with Gasteiger partial charge in [0.05, 0.1) is 5.75 Å². The molecule has 2 rings (SSSR count). The summed E-state index contributed by atoms with van der Waals surface area (Å²) in [7, 11) is -3.15. The number of aromatic nitrogens is 2. The molecule has 0 aliphatic carbocycles. The monoisotopic (exact) mass is 318 g/mol. The maximum Gasteiger partial charge on any atom is 0.237 e. The lowest BCUT2D eigenvalue weighted by molar-refractivity contribution is 0.386. The summed E-state index contributed by atoms with van der Waals surface area (Å²) < 4.78 is 27.2. The summed E-state index contributed by atoms with van der Waals surface area (Å²) in [5.74, 6) is 0.836. The predicted octanol–water partition coefficient (Wildman–Crippen LogP) is 2.56. The van der Waals surface area contributed by atoms with Crippen molar-refractivity contribution in [3.8, 4) is 0 Å². The Balaban J connectivity index is 1.97. The van der Waals surface area contributed by atoms with E-state index in [0.29, 0.717) is 16.7 Å². The van der Waals surface area contributed by atoms with Crippen molar-refractivity contribution < 1.29 is 12.9 Å². The van der Waals surface area contributed by atoms with Gasteiger partial charge in [-0.25, -0.2) is 8.42 Å². The molecule has 5 nitrogen and oxygen atoms in total. The Hall–Kier alpha value is -1.05. The van der Waals surface area contributed by atoms with Crippen LogP contribution in [0.15, 0.2) is 33.7 Å². The van der Waals surface area contributed by atoms with Crippen LogP contribution in [0.2, 0.25) is 5.02 Å². The molecular weight excluding hydrogens is 308 g/mol. The lowest BCUT2D eigenvalue weighted by Crippen LogP contribution is -2.02. The standard InChI is InChI=1S/C11H11ClN2O3S2/c1-19(15,16)7-10-13-11(17-14-10)6-18-9-4-2-3-8(12)5-9/h2-5H,6-7H2,1H3. The van der Waals surface area contributed by atoms with E-state index < -0.39 is 9.84 Å². The predicted molar refractivity (Wildman–Crippen MR) is 73.9 cm³/mol. The Morgan fingerprint density at radius 3 is 2.89 bits per heavy atom. The minimum Gasteiger partial charge on any atom is -0.338 e. The second kappa shape index (κ2) is 5.94. The van der Waals surface area contributed by atoms with Crippen LogP contribution < -0.4 is 0 Å². The Kier molecular flexibility index (Phi) is 4.49. The Bertz CT molecular complexity index is 670. The van der Waals surface area contributed by atoms with Crippen molar-refractivity contribution in [3.05, 3.63) is 41.0 Å². The quantitative estimate of drug-likeness (QED) is 0.789. The van der Waals surface area contributed by atoms with E-state index in [-0.39, 0.29) is 11.6 Å². The van der Waals surface area contributed by atoms with Gasteiger partial charge in [0.15, 0.2) is 15.7 Å². The molecule has 102 valence electrons. The van der Waals surface area contributed by atoms with Gasteiger partial charge in [0.25, 0.3) is 0 Å². The van der Waals surface area contributed by atoms with Crippen LogP contribution in [0.3, 0.4) is 0 Å². The highest BCUT2D eigenvalue weighted by Crippen LogP contribution is 2.24. The van der Waals surface area contributed by atoms with E-state index in [9.17, 15) is 8.42 Å². The zero-order valence-corrected chi connectivity index (χ0v) is 12.4. The lowest BCUT2D eigenvalue weighted by Gasteiger charge is -1.98. The highest BCUT2D eigenvalue weighted by Gasteiger charge is 2.12. The highest BCUT2D eigenvalue weighted by atomic mass is 35.5. The van der Waals surface area contributed by atoms with Crippen LogP contribution in [-0.2, 0) is 21.3 Å². The van der Waals surface area contributed by atoms with Gasteiger partial charge in [0.2, 0.25) is 5.89 Å². The van der Waals surface area contributed by atoms with Crippen molar-refractivity contribution in [1.29, 1.82) is 0 Å². The number of benzene rings is 1. The normalized spacial score (nSPS) is 11.7. The molecular formula is C11H11ClN2O3S2. The SMILES string of the molecule is CS(=O)(=O)Cc1noc(CSc2cccc(Cl)c2)n1. The Morgan fingerprint density at radius 2 is 2.21 bits per heavy atom. The molecule has 0 amide bonds. The van der Waals surface area contributed by atoms with Gasteiger partial charge in [-0.3, -0.25) is 0 Å². The van der Waals surface area contributed by atoms with E-state index >= 15 is 0 Å². The van der Waals surface area contributed by atoms with Gasteiger partial charge in [-0.15, -0.1) is 11.8 Å². The fraction of sp³-hybridized carbons (Fsp3) is 0.273. The van der Waals surface area contributed by atoms with Crippen LogP contribution in [0.4, 0.5) is 0 Å². The van der Waals surface area contributed by atoms with E-state index in [1.54, 1.807) is 6.07 Å². The topological polar surface area (TPSA) is 73.1 Å². The van der Waals surface area contributed by atoms with Crippen LogP contribution >= 0.6 is 23.4 Å². The van der Waals surface area contributed by atoms with Gasteiger partial charge in [-0.05, 0) is 18.2 Å². The van der Waals surface area contributed by atoms with Gasteiger partial charge < -0.3 is 4.52 Å². The summed E-state index contributed by atoms with van der Waals surface area (Å²) in [5.41, 5.74) is 0. The van der Waals surface area contributed by atoms with Gasteiger partial charge in [-0.2, -0.15) is 4.98 Å². The second-order valence-corrected chi connectivity index (χ2v) is 7.55. The van der Waals surface area contributed by atoms with Crippen molar-refractivity contribution in [2.24, 2.45) is 0 Å². The van der Waals surface area contributed by atoms with E-state index in [4.69, 9.17) is 16.1 Å². The van der Waals surface area contributed by atoms with E-state index in [1.807, 2.05) is 18.2 Å². The van der Waals surface area contributed by atoms with Crippen molar-refractivity contribution in [2.45, 2.75) is 16.4 Å². The molecule has 1 aromatic heterocycles. The minimum absolute atomic E-state index is 0.184. The summed E-state index contributed by atoms with van der Waals surface area (Å²) >= 11 is 7.36. The maximum atomic E-state index is 11.1. The molecule has 0 unspecified atom stereocenters. The summed E-state index contributed by atoms with van der Waals surface area (Å²) in [6.45, 7) is 0. The third-order valence-electron chi connectivity index (χ3n) is 2.06. The van der Waals surface area contributed by atoms with Crippen LogP contribution in [0.5, 0.6) is 0 Å². The number of sulfone groups is 1. The number of nitrogens with zero attached hydrogens (tertiary/aromatic N) is 2. The van der Waals surface area contributed by atoms with Gasteiger partial charge >= 0.3 is 0 Å². The van der Waals surface area contributed by atoms with Crippen LogP contribution in [-0.4, -0.2) is 24.8 Å². The number of hydrogen-bond donors (Lipinski definition) is 0. The third-order valence-corrected chi connectivity index (χ3v) is 4.06. The highest BCUT2D eigenvalue weighted by molar-refractivity contribution is 7.98. The van der Waals surface area contributed by atoms with Crippen LogP contribution in [0.25, 0.3) is 0 Å². The van der Waals surface area contributed by atoms with Crippen molar-refractivity contribution in [3.63, 3.8) is 0 Å². The zero-order chi connectivity index (χ0) is 13.9. The molecule has 1 heterocycles. The molecule has 19 heavy (non-hydrogen) atoms. The fourth-order valence-corrected chi connectivity index (χ4v) is 2.98. The summed E-state index contributed by atoms with van der Waals surface area (Å²) in [4.78, 5) is 5.00. The van der Waals surface area contributed by atoms with Crippen LogP contribution in [0.1, 0.15) is 11.7 Å². The minimum atomic E-state index is -3.15.